The average Bonchev–Trinajstić information content (AvgIpc) is 3.36. The lowest BCUT2D eigenvalue weighted by Crippen LogP contribution is -2.10. The summed E-state index contributed by atoms with van der Waals surface area (Å²) in [5, 5.41) is 17.0. The molecule has 2 aromatic heterocycles. The van der Waals surface area contributed by atoms with Gasteiger partial charge < -0.3 is 8.83 Å². The molecule has 0 radical (unpaired) electrons. The van der Waals surface area contributed by atoms with Gasteiger partial charge in [-0.05, 0) is 28.7 Å². The molecule has 2 heterocycles. The summed E-state index contributed by atoms with van der Waals surface area (Å²) in [5.41, 5.74) is 3.41. The summed E-state index contributed by atoms with van der Waals surface area (Å²) in [7, 11) is 0. The molecule has 4 aromatic rings. The molecule has 0 aliphatic heterocycles. The first-order valence-electron chi connectivity index (χ1n) is 9.40. The van der Waals surface area contributed by atoms with Crippen LogP contribution in [0.1, 0.15) is 43.7 Å². The van der Waals surface area contributed by atoms with E-state index >= 15 is 0 Å². The second-order valence-corrected chi connectivity index (χ2v) is 8.67. The molecule has 0 bridgehead atoms. The van der Waals surface area contributed by atoms with Crippen LogP contribution in [0.4, 0.5) is 0 Å². The predicted octanol–water partition coefficient (Wildman–Crippen LogP) is 5.30. The number of hydrogen-bond acceptors (Lipinski definition) is 7. The summed E-state index contributed by atoms with van der Waals surface area (Å²) in [4.78, 5) is 0. The third kappa shape index (κ3) is 4.92. The van der Waals surface area contributed by atoms with Crippen LogP contribution in [0.5, 0.6) is 0 Å². The van der Waals surface area contributed by atoms with E-state index in [-0.39, 0.29) is 5.41 Å². The molecule has 0 aliphatic rings. The minimum absolute atomic E-state index is 0.110. The molecule has 0 atom stereocenters. The molecule has 0 unspecified atom stereocenters. The molecule has 0 spiro atoms. The van der Waals surface area contributed by atoms with E-state index in [0.717, 1.165) is 11.1 Å². The lowest BCUT2D eigenvalue weighted by molar-refractivity contribution is 0.419. The summed E-state index contributed by atoms with van der Waals surface area (Å²) < 4.78 is 11.5. The molecule has 148 valence electrons. The van der Waals surface area contributed by atoms with E-state index in [1.165, 1.54) is 17.3 Å². The summed E-state index contributed by atoms with van der Waals surface area (Å²) in [6.07, 6.45) is 0.615. The summed E-state index contributed by atoms with van der Waals surface area (Å²) in [6, 6.07) is 18.3. The monoisotopic (exact) mass is 406 g/mol. The van der Waals surface area contributed by atoms with Crippen molar-refractivity contribution in [3.8, 4) is 11.5 Å². The zero-order valence-corrected chi connectivity index (χ0v) is 17.4. The maximum Gasteiger partial charge on any atom is 0.277 e. The van der Waals surface area contributed by atoms with Gasteiger partial charge in [-0.15, -0.1) is 20.4 Å². The van der Waals surface area contributed by atoms with E-state index in [9.17, 15) is 0 Å². The molecule has 0 saturated carbocycles. The largest absolute Gasteiger partial charge is 0.420 e. The maximum absolute atomic E-state index is 5.79. The van der Waals surface area contributed by atoms with Crippen molar-refractivity contribution in [2.24, 2.45) is 0 Å². The van der Waals surface area contributed by atoms with E-state index in [4.69, 9.17) is 8.83 Å². The molecule has 0 amide bonds. The number of benzene rings is 2. The Kier molecular flexibility index (Phi) is 5.49. The van der Waals surface area contributed by atoms with Gasteiger partial charge in [0.1, 0.15) is 0 Å². The minimum Gasteiger partial charge on any atom is -0.420 e. The van der Waals surface area contributed by atoms with Gasteiger partial charge in [0, 0.05) is 5.56 Å². The second-order valence-electron chi connectivity index (χ2n) is 7.74. The fourth-order valence-electron chi connectivity index (χ4n) is 2.80. The summed E-state index contributed by atoms with van der Waals surface area (Å²) in [5.74, 6) is 2.09. The Morgan fingerprint density at radius 2 is 1.52 bits per heavy atom. The van der Waals surface area contributed by atoms with E-state index in [1.54, 1.807) is 0 Å². The Hall–Kier alpha value is -2.93. The fraction of sp³-hybridized carbons (Fsp3) is 0.273. The van der Waals surface area contributed by atoms with Crippen molar-refractivity contribution in [2.75, 3.05) is 0 Å². The molecule has 0 saturated heterocycles. The zero-order valence-electron chi connectivity index (χ0n) is 16.6. The quantitative estimate of drug-likeness (QED) is 0.402. The number of aromatic nitrogens is 4. The first kappa shape index (κ1) is 19.4. The Bertz CT molecular complexity index is 1070. The molecule has 2 aromatic carbocycles. The van der Waals surface area contributed by atoms with Crippen molar-refractivity contribution in [3.05, 3.63) is 77.5 Å². The topological polar surface area (TPSA) is 77.8 Å². The predicted molar refractivity (Wildman–Crippen MR) is 112 cm³/mol. The molecular weight excluding hydrogens is 384 g/mol. The van der Waals surface area contributed by atoms with Gasteiger partial charge in [0.25, 0.3) is 5.22 Å². The molecule has 4 rings (SSSR count). The Balaban J connectivity index is 1.36. The molecule has 29 heavy (non-hydrogen) atoms. The van der Waals surface area contributed by atoms with E-state index in [0.29, 0.717) is 35.1 Å². The molecule has 0 aliphatic carbocycles. The Morgan fingerprint density at radius 1 is 0.793 bits per heavy atom. The van der Waals surface area contributed by atoms with Crippen molar-refractivity contribution in [1.82, 2.24) is 20.4 Å². The minimum atomic E-state index is 0.110. The average molecular weight is 407 g/mol. The first-order chi connectivity index (χ1) is 14.0. The van der Waals surface area contributed by atoms with Crippen LogP contribution in [0.15, 0.2) is 68.7 Å². The third-order valence-electron chi connectivity index (χ3n) is 4.43. The standard InChI is InChI=1S/C22H22N4O2S/c1-22(2,3)17-11-9-16(10-12-17)20-25-24-19(27-20)14-29-21-26-23-18(28-21)13-15-7-5-4-6-8-15/h4-12H,13-14H2,1-3H3. The van der Waals surface area contributed by atoms with Crippen LogP contribution >= 0.6 is 11.8 Å². The highest BCUT2D eigenvalue weighted by Gasteiger charge is 2.15. The smallest absolute Gasteiger partial charge is 0.277 e. The van der Waals surface area contributed by atoms with Gasteiger partial charge in [-0.3, -0.25) is 0 Å². The highest BCUT2D eigenvalue weighted by Crippen LogP contribution is 2.27. The molecule has 0 fully saturated rings. The van der Waals surface area contributed by atoms with Gasteiger partial charge in [0.15, 0.2) is 0 Å². The van der Waals surface area contributed by atoms with Crippen LogP contribution in [0.25, 0.3) is 11.5 Å². The van der Waals surface area contributed by atoms with Crippen LogP contribution in [0, 0.1) is 0 Å². The second kappa shape index (κ2) is 8.21. The summed E-state index contributed by atoms with van der Waals surface area (Å²) >= 11 is 1.38. The number of nitrogens with zero attached hydrogens (tertiary/aromatic N) is 4. The summed E-state index contributed by atoms with van der Waals surface area (Å²) in [6.45, 7) is 6.56. The van der Waals surface area contributed by atoms with Gasteiger partial charge in [-0.25, -0.2) is 0 Å². The highest BCUT2D eigenvalue weighted by molar-refractivity contribution is 7.98. The van der Waals surface area contributed by atoms with Crippen LogP contribution in [-0.4, -0.2) is 20.4 Å². The van der Waals surface area contributed by atoms with Crippen LogP contribution in [0.3, 0.4) is 0 Å². The van der Waals surface area contributed by atoms with Crippen molar-refractivity contribution >= 4 is 11.8 Å². The van der Waals surface area contributed by atoms with Gasteiger partial charge in [-0.2, -0.15) is 0 Å². The molecule has 6 nitrogen and oxygen atoms in total. The Labute approximate surface area is 173 Å². The van der Waals surface area contributed by atoms with Crippen molar-refractivity contribution in [1.29, 1.82) is 0 Å². The zero-order chi connectivity index (χ0) is 20.3. The molecule has 0 N–H and O–H groups in total. The van der Waals surface area contributed by atoms with Crippen LogP contribution in [-0.2, 0) is 17.6 Å². The molecular formula is C22H22N4O2S. The van der Waals surface area contributed by atoms with E-state index < -0.39 is 0 Å². The number of thioether (sulfide) groups is 1. The van der Waals surface area contributed by atoms with Gasteiger partial charge in [0.2, 0.25) is 17.7 Å². The van der Waals surface area contributed by atoms with Crippen LogP contribution < -0.4 is 0 Å². The maximum atomic E-state index is 5.79. The molecule has 7 heteroatoms. The Morgan fingerprint density at radius 3 is 2.24 bits per heavy atom. The van der Waals surface area contributed by atoms with Crippen LogP contribution in [0.2, 0.25) is 0 Å². The van der Waals surface area contributed by atoms with Gasteiger partial charge >= 0.3 is 0 Å². The van der Waals surface area contributed by atoms with Crippen molar-refractivity contribution in [2.45, 2.75) is 43.6 Å². The van der Waals surface area contributed by atoms with Gasteiger partial charge in [0.05, 0.1) is 12.2 Å². The third-order valence-corrected chi connectivity index (χ3v) is 5.23. The highest BCUT2D eigenvalue weighted by atomic mass is 32.2. The SMILES string of the molecule is CC(C)(C)c1ccc(-c2nnc(CSc3nnc(Cc4ccccc4)o3)o2)cc1. The first-order valence-corrected chi connectivity index (χ1v) is 10.4. The number of rotatable bonds is 6. The lowest BCUT2D eigenvalue weighted by atomic mass is 9.87. The fourth-order valence-corrected chi connectivity index (χ4v) is 3.42. The van der Waals surface area contributed by atoms with E-state index in [1.807, 2.05) is 42.5 Å². The van der Waals surface area contributed by atoms with Crippen molar-refractivity contribution < 1.29 is 8.83 Å². The van der Waals surface area contributed by atoms with Crippen molar-refractivity contribution in [3.63, 3.8) is 0 Å². The van der Waals surface area contributed by atoms with E-state index in [2.05, 4.69) is 53.3 Å². The van der Waals surface area contributed by atoms with Gasteiger partial charge in [-0.1, -0.05) is 75.0 Å². The number of hydrogen-bond donors (Lipinski definition) is 0. The lowest BCUT2D eigenvalue weighted by Gasteiger charge is -2.18. The normalized spacial score (nSPS) is 11.7.